The third-order valence-corrected chi connectivity index (χ3v) is 6.27. The molecule has 2 aromatic rings. The van der Waals surface area contributed by atoms with Crippen LogP contribution in [0.15, 0.2) is 36.4 Å². The minimum absolute atomic E-state index is 0.0187. The van der Waals surface area contributed by atoms with Crippen LogP contribution in [-0.2, 0) is 15.0 Å². The lowest BCUT2D eigenvalue weighted by molar-refractivity contribution is -0.121. The van der Waals surface area contributed by atoms with Crippen LogP contribution in [-0.4, -0.2) is 17.6 Å². The van der Waals surface area contributed by atoms with Crippen molar-refractivity contribution in [1.82, 2.24) is 0 Å². The SMILES string of the molecule is CCC(=O)c1cc(C(C)(C)C)sc1C1CC(=O)N(c2ccccc2)C1=O. The van der Waals surface area contributed by atoms with E-state index in [-0.39, 0.29) is 29.4 Å². The summed E-state index contributed by atoms with van der Waals surface area (Å²) in [6.07, 6.45) is 0.492. The molecule has 1 fully saturated rings. The fraction of sp³-hybridized carbons (Fsp3) is 0.381. The number of carbonyl (C=O) groups is 3. The third kappa shape index (κ3) is 3.23. The number of benzene rings is 1. The summed E-state index contributed by atoms with van der Waals surface area (Å²) in [6.45, 7) is 8.07. The van der Waals surface area contributed by atoms with E-state index < -0.39 is 5.92 Å². The quantitative estimate of drug-likeness (QED) is 0.580. The summed E-state index contributed by atoms with van der Waals surface area (Å²) < 4.78 is 0. The van der Waals surface area contributed by atoms with E-state index in [2.05, 4.69) is 20.8 Å². The van der Waals surface area contributed by atoms with E-state index in [1.54, 1.807) is 24.3 Å². The minimum atomic E-state index is -0.575. The number of hydrogen-bond acceptors (Lipinski definition) is 4. The first kappa shape index (κ1) is 18.5. The zero-order valence-corrected chi connectivity index (χ0v) is 16.4. The predicted molar refractivity (Wildman–Crippen MR) is 104 cm³/mol. The summed E-state index contributed by atoms with van der Waals surface area (Å²) in [5.74, 6) is -1.01. The molecule has 0 saturated carbocycles. The van der Waals surface area contributed by atoms with Crippen molar-refractivity contribution >= 4 is 34.6 Å². The highest BCUT2D eigenvalue weighted by atomic mass is 32.1. The van der Waals surface area contributed by atoms with Gasteiger partial charge in [-0.3, -0.25) is 14.4 Å². The van der Waals surface area contributed by atoms with Gasteiger partial charge in [-0.1, -0.05) is 45.9 Å². The molecule has 0 N–H and O–H groups in total. The van der Waals surface area contributed by atoms with Gasteiger partial charge in [-0.25, -0.2) is 4.90 Å². The second kappa shape index (κ2) is 6.80. The number of para-hydroxylation sites is 1. The zero-order valence-electron chi connectivity index (χ0n) is 15.5. The number of ketones is 1. The maximum absolute atomic E-state index is 13.0. The van der Waals surface area contributed by atoms with Crippen LogP contribution in [0.25, 0.3) is 0 Å². The number of thiophene rings is 1. The van der Waals surface area contributed by atoms with E-state index in [0.717, 1.165) is 9.75 Å². The molecule has 136 valence electrons. The smallest absolute Gasteiger partial charge is 0.242 e. The molecule has 1 aromatic heterocycles. The maximum atomic E-state index is 13.0. The van der Waals surface area contributed by atoms with E-state index in [1.807, 2.05) is 19.1 Å². The Kier molecular flexibility index (Phi) is 4.84. The van der Waals surface area contributed by atoms with E-state index in [1.165, 1.54) is 16.2 Å². The molecule has 3 rings (SSSR count). The van der Waals surface area contributed by atoms with Crippen LogP contribution in [0.5, 0.6) is 0 Å². The first-order valence-corrected chi connectivity index (χ1v) is 9.65. The standard InChI is InChI=1S/C21H23NO3S/c1-5-16(23)14-11-17(21(2,3)4)26-19(14)15-12-18(24)22(20(15)25)13-9-7-6-8-10-13/h6-11,15H,5,12H2,1-4H3. The number of hydrogen-bond donors (Lipinski definition) is 0. The summed E-state index contributed by atoms with van der Waals surface area (Å²) >= 11 is 1.49. The lowest BCUT2D eigenvalue weighted by Crippen LogP contribution is -2.30. The van der Waals surface area contributed by atoms with Gasteiger partial charge in [0.15, 0.2) is 5.78 Å². The molecule has 1 aliphatic heterocycles. The number of carbonyl (C=O) groups excluding carboxylic acids is 3. The fourth-order valence-corrected chi connectivity index (χ4v) is 4.46. The lowest BCUT2D eigenvalue weighted by Gasteiger charge is -2.16. The molecule has 2 heterocycles. The van der Waals surface area contributed by atoms with Gasteiger partial charge in [-0.05, 0) is 23.6 Å². The molecule has 5 heteroatoms. The van der Waals surface area contributed by atoms with Crippen molar-refractivity contribution in [3.63, 3.8) is 0 Å². The van der Waals surface area contributed by atoms with Crippen LogP contribution in [0.3, 0.4) is 0 Å². The zero-order chi connectivity index (χ0) is 19.1. The number of amides is 2. The number of rotatable bonds is 4. The van der Waals surface area contributed by atoms with Crippen LogP contribution >= 0.6 is 11.3 Å². The molecule has 4 nitrogen and oxygen atoms in total. The van der Waals surface area contributed by atoms with E-state index in [0.29, 0.717) is 17.7 Å². The Morgan fingerprint density at radius 3 is 2.42 bits per heavy atom. The van der Waals surface area contributed by atoms with E-state index >= 15 is 0 Å². The van der Waals surface area contributed by atoms with Gasteiger partial charge in [-0.15, -0.1) is 11.3 Å². The number of anilines is 1. The molecule has 1 aliphatic rings. The number of imide groups is 1. The Morgan fingerprint density at radius 2 is 1.85 bits per heavy atom. The first-order chi connectivity index (χ1) is 12.2. The highest BCUT2D eigenvalue weighted by Crippen LogP contribution is 2.42. The highest BCUT2D eigenvalue weighted by molar-refractivity contribution is 7.12. The van der Waals surface area contributed by atoms with Crippen LogP contribution < -0.4 is 4.90 Å². The maximum Gasteiger partial charge on any atom is 0.242 e. The van der Waals surface area contributed by atoms with Crippen LogP contribution in [0.2, 0.25) is 0 Å². The van der Waals surface area contributed by atoms with Gasteiger partial charge >= 0.3 is 0 Å². The molecule has 0 aliphatic carbocycles. The van der Waals surface area contributed by atoms with Crippen LogP contribution in [0.1, 0.15) is 66.6 Å². The lowest BCUT2D eigenvalue weighted by atomic mass is 9.92. The van der Waals surface area contributed by atoms with E-state index in [4.69, 9.17) is 0 Å². The highest BCUT2D eigenvalue weighted by Gasteiger charge is 2.43. The van der Waals surface area contributed by atoms with Crippen molar-refractivity contribution in [3.8, 4) is 0 Å². The Labute approximate surface area is 157 Å². The van der Waals surface area contributed by atoms with Gasteiger partial charge in [0, 0.05) is 28.2 Å². The van der Waals surface area contributed by atoms with Crippen molar-refractivity contribution in [3.05, 3.63) is 51.7 Å². The summed E-state index contributed by atoms with van der Waals surface area (Å²) in [6, 6.07) is 10.9. The number of nitrogens with zero attached hydrogens (tertiary/aromatic N) is 1. The van der Waals surface area contributed by atoms with Crippen molar-refractivity contribution < 1.29 is 14.4 Å². The molecular weight excluding hydrogens is 346 g/mol. The number of Topliss-reactive ketones (excluding diaryl/α,β-unsaturated/α-hetero) is 1. The molecule has 1 unspecified atom stereocenters. The summed E-state index contributed by atoms with van der Waals surface area (Å²) in [5.41, 5.74) is 1.07. The average Bonchev–Trinajstić information content (AvgIpc) is 3.16. The molecule has 2 amide bonds. The molecule has 0 radical (unpaired) electrons. The molecule has 1 saturated heterocycles. The average molecular weight is 369 g/mol. The van der Waals surface area contributed by atoms with Crippen molar-refractivity contribution in [2.75, 3.05) is 4.90 Å². The summed E-state index contributed by atoms with van der Waals surface area (Å²) in [5, 5.41) is 0. The third-order valence-electron chi connectivity index (χ3n) is 4.60. The summed E-state index contributed by atoms with van der Waals surface area (Å²) in [4.78, 5) is 41.1. The molecule has 26 heavy (non-hydrogen) atoms. The van der Waals surface area contributed by atoms with Crippen molar-refractivity contribution in [2.45, 2.75) is 51.9 Å². The van der Waals surface area contributed by atoms with Gasteiger partial charge in [0.1, 0.15) is 0 Å². The second-order valence-electron chi connectivity index (χ2n) is 7.57. The van der Waals surface area contributed by atoms with Crippen LogP contribution in [0, 0.1) is 0 Å². The Morgan fingerprint density at radius 1 is 1.19 bits per heavy atom. The Balaban J connectivity index is 2.04. The molecule has 0 spiro atoms. The second-order valence-corrected chi connectivity index (χ2v) is 8.66. The normalized spacial score (nSPS) is 17.8. The minimum Gasteiger partial charge on any atom is -0.294 e. The Hall–Kier alpha value is -2.27. The molecule has 1 aromatic carbocycles. The van der Waals surface area contributed by atoms with Gasteiger partial charge in [0.25, 0.3) is 0 Å². The molecule has 1 atom stereocenters. The largest absolute Gasteiger partial charge is 0.294 e. The van der Waals surface area contributed by atoms with Crippen molar-refractivity contribution in [1.29, 1.82) is 0 Å². The molecular formula is C21H23NO3S. The predicted octanol–water partition coefficient (Wildman–Crippen LogP) is 4.69. The van der Waals surface area contributed by atoms with E-state index in [9.17, 15) is 14.4 Å². The summed E-state index contributed by atoms with van der Waals surface area (Å²) in [7, 11) is 0. The van der Waals surface area contributed by atoms with Crippen molar-refractivity contribution in [2.24, 2.45) is 0 Å². The van der Waals surface area contributed by atoms with Gasteiger partial charge in [0.05, 0.1) is 11.6 Å². The van der Waals surface area contributed by atoms with Gasteiger partial charge < -0.3 is 0 Å². The van der Waals surface area contributed by atoms with Crippen LogP contribution in [0.4, 0.5) is 5.69 Å². The Bertz CT molecular complexity index is 861. The fourth-order valence-electron chi connectivity index (χ4n) is 3.13. The molecule has 0 bridgehead atoms. The van der Waals surface area contributed by atoms with Gasteiger partial charge in [0.2, 0.25) is 11.8 Å². The monoisotopic (exact) mass is 369 g/mol. The topological polar surface area (TPSA) is 54.5 Å². The first-order valence-electron chi connectivity index (χ1n) is 8.83. The van der Waals surface area contributed by atoms with Gasteiger partial charge in [-0.2, -0.15) is 0 Å².